The average Bonchev–Trinajstić information content (AvgIpc) is 2.48. The first-order valence-electron chi connectivity index (χ1n) is 7.19. The van der Waals surface area contributed by atoms with Crippen LogP contribution < -0.4 is 15.4 Å². The van der Waals surface area contributed by atoms with Gasteiger partial charge < -0.3 is 20.3 Å². The summed E-state index contributed by atoms with van der Waals surface area (Å²) in [7, 11) is 1.61. The van der Waals surface area contributed by atoms with Crippen LogP contribution in [-0.4, -0.2) is 50.1 Å². The van der Waals surface area contributed by atoms with Crippen LogP contribution in [0.1, 0.15) is 13.3 Å². The Morgan fingerprint density at radius 1 is 1.48 bits per heavy atom. The summed E-state index contributed by atoms with van der Waals surface area (Å²) in [5.74, 6) is 0.903. The topological polar surface area (TPSA) is 53.6 Å². The van der Waals surface area contributed by atoms with Gasteiger partial charge in [0.1, 0.15) is 5.75 Å². The van der Waals surface area contributed by atoms with Crippen LogP contribution in [0.5, 0.6) is 5.75 Å². The van der Waals surface area contributed by atoms with Crippen molar-refractivity contribution in [3.05, 3.63) is 23.2 Å². The second kappa shape index (κ2) is 10.8. The Balaban J connectivity index is 0.00000242. The molecule has 1 heterocycles. The fourth-order valence-corrected chi connectivity index (χ4v) is 2.65. The third kappa shape index (κ3) is 6.26. The maximum atomic E-state index is 12.2. The fraction of sp³-hybridized carbons (Fsp3) is 0.533. The van der Waals surface area contributed by atoms with E-state index in [4.69, 9.17) is 16.3 Å². The standard InChI is InChI=1S/C15H22ClN3O2.2ClH/c1-11-10-17-7-8-19(11)15(20)5-6-18-13-9-12(16)3-4-14(13)21-2;;/h3-4,9,11,17-18H,5-8,10H2,1-2H3;2*1H. The summed E-state index contributed by atoms with van der Waals surface area (Å²) >= 11 is 5.98. The number of piperazine rings is 1. The fourth-order valence-electron chi connectivity index (χ4n) is 2.48. The minimum Gasteiger partial charge on any atom is -0.495 e. The lowest BCUT2D eigenvalue weighted by atomic mass is 10.2. The number of nitrogens with one attached hydrogen (secondary N) is 2. The molecule has 2 rings (SSSR count). The van der Waals surface area contributed by atoms with Crippen molar-refractivity contribution in [1.82, 2.24) is 10.2 Å². The molecule has 23 heavy (non-hydrogen) atoms. The molecule has 0 spiro atoms. The van der Waals surface area contributed by atoms with Crippen LogP contribution in [-0.2, 0) is 4.79 Å². The number of anilines is 1. The van der Waals surface area contributed by atoms with Crippen molar-refractivity contribution < 1.29 is 9.53 Å². The second-order valence-electron chi connectivity index (χ2n) is 5.16. The first-order valence-corrected chi connectivity index (χ1v) is 7.57. The van der Waals surface area contributed by atoms with E-state index in [9.17, 15) is 4.79 Å². The van der Waals surface area contributed by atoms with E-state index in [0.717, 1.165) is 31.1 Å². The van der Waals surface area contributed by atoms with Gasteiger partial charge in [-0.15, -0.1) is 24.8 Å². The van der Waals surface area contributed by atoms with Gasteiger partial charge >= 0.3 is 0 Å². The molecule has 1 aromatic carbocycles. The van der Waals surface area contributed by atoms with Gasteiger partial charge in [0.2, 0.25) is 5.91 Å². The Kier molecular flexibility index (Phi) is 10.4. The Labute approximate surface area is 154 Å². The van der Waals surface area contributed by atoms with E-state index in [1.807, 2.05) is 11.0 Å². The molecule has 8 heteroatoms. The van der Waals surface area contributed by atoms with Crippen molar-refractivity contribution in [2.24, 2.45) is 0 Å². The summed E-state index contributed by atoms with van der Waals surface area (Å²) in [6, 6.07) is 5.65. The highest BCUT2D eigenvalue weighted by atomic mass is 35.5. The van der Waals surface area contributed by atoms with Crippen molar-refractivity contribution in [2.75, 3.05) is 38.6 Å². The van der Waals surface area contributed by atoms with E-state index in [0.29, 0.717) is 18.0 Å². The molecule has 0 bridgehead atoms. The maximum Gasteiger partial charge on any atom is 0.224 e. The van der Waals surface area contributed by atoms with Gasteiger partial charge in [-0.2, -0.15) is 0 Å². The summed E-state index contributed by atoms with van der Waals surface area (Å²) in [4.78, 5) is 14.2. The largest absolute Gasteiger partial charge is 0.495 e. The van der Waals surface area contributed by atoms with Crippen LogP contribution in [0.2, 0.25) is 5.02 Å². The minimum atomic E-state index is 0. The van der Waals surface area contributed by atoms with Crippen LogP contribution in [0.4, 0.5) is 5.69 Å². The van der Waals surface area contributed by atoms with E-state index in [1.165, 1.54) is 0 Å². The first kappa shape index (κ1) is 22.1. The number of ether oxygens (including phenoxy) is 1. The van der Waals surface area contributed by atoms with Crippen LogP contribution in [0.3, 0.4) is 0 Å². The van der Waals surface area contributed by atoms with Gasteiger partial charge in [-0.3, -0.25) is 4.79 Å². The van der Waals surface area contributed by atoms with Gasteiger partial charge in [-0.25, -0.2) is 0 Å². The van der Waals surface area contributed by atoms with Gasteiger partial charge in [0.05, 0.1) is 12.8 Å². The molecule has 1 aromatic rings. The highest BCUT2D eigenvalue weighted by Gasteiger charge is 2.22. The molecular weight excluding hydrogens is 361 g/mol. The summed E-state index contributed by atoms with van der Waals surface area (Å²) in [5.41, 5.74) is 0.811. The van der Waals surface area contributed by atoms with Crippen LogP contribution in [0, 0.1) is 0 Å². The molecule has 1 amide bonds. The highest BCUT2D eigenvalue weighted by Crippen LogP contribution is 2.27. The number of hydrogen-bond acceptors (Lipinski definition) is 4. The molecule has 1 atom stereocenters. The van der Waals surface area contributed by atoms with Crippen molar-refractivity contribution in [1.29, 1.82) is 0 Å². The van der Waals surface area contributed by atoms with E-state index < -0.39 is 0 Å². The van der Waals surface area contributed by atoms with Gasteiger partial charge in [-0.1, -0.05) is 11.6 Å². The molecular formula is C15H24Cl3N3O2. The number of carbonyl (C=O) groups is 1. The zero-order chi connectivity index (χ0) is 15.2. The number of methoxy groups -OCH3 is 1. The molecule has 0 aliphatic carbocycles. The predicted molar refractivity (Wildman–Crippen MR) is 99.7 cm³/mol. The second-order valence-corrected chi connectivity index (χ2v) is 5.60. The van der Waals surface area contributed by atoms with E-state index in [2.05, 4.69) is 17.6 Å². The van der Waals surface area contributed by atoms with Crippen molar-refractivity contribution in [3.8, 4) is 5.75 Å². The lowest BCUT2D eigenvalue weighted by Crippen LogP contribution is -2.52. The number of carbonyl (C=O) groups excluding carboxylic acids is 1. The van der Waals surface area contributed by atoms with Crippen LogP contribution in [0.15, 0.2) is 18.2 Å². The number of nitrogens with zero attached hydrogens (tertiary/aromatic N) is 1. The number of benzene rings is 1. The Bertz CT molecular complexity index is 503. The summed E-state index contributed by atoms with van der Waals surface area (Å²) < 4.78 is 5.27. The van der Waals surface area contributed by atoms with E-state index in [1.54, 1.807) is 19.2 Å². The molecule has 132 valence electrons. The monoisotopic (exact) mass is 383 g/mol. The third-order valence-corrected chi connectivity index (χ3v) is 3.87. The molecule has 0 aromatic heterocycles. The third-order valence-electron chi connectivity index (χ3n) is 3.64. The average molecular weight is 385 g/mol. The SMILES string of the molecule is COc1ccc(Cl)cc1NCCC(=O)N1CCNCC1C.Cl.Cl. The molecule has 1 saturated heterocycles. The predicted octanol–water partition coefficient (Wildman–Crippen LogP) is 2.81. The molecule has 5 nitrogen and oxygen atoms in total. The number of rotatable bonds is 5. The lowest BCUT2D eigenvalue weighted by Gasteiger charge is -2.34. The summed E-state index contributed by atoms with van der Waals surface area (Å²) in [6.45, 7) is 5.14. The smallest absolute Gasteiger partial charge is 0.224 e. The molecule has 1 aliphatic heterocycles. The maximum absolute atomic E-state index is 12.2. The molecule has 1 aliphatic rings. The van der Waals surface area contributed by atoms with Gasteiger partial charge in [0.25, 0.3) is 0 Å². The Morgan fingerprint density at radius 3 is 2.87 bits per heavy atom. The highest BCUT2D eigenvalue weighted by molar-refractivity contribution is 6.30. The van der Waals surface area contributed by atoms with Crippen molar-refractivity contribution in [3.63, 3.8) is 0 Å². The van der Waals surface area contributed by atoms with Crippen molar-refractivity contribution >= 4 is 48.0 Å². The summed E-state index contributed by atoms with van der Waals surface area (Å²) in [5, 5.41) is 7.14. The first-order chi connectivity index (χ1) is 10.1. The van der Waals surface area contributed by atoms with Crippen molar-refractivity contribution in [2.45, 2.75) is 19.4 Å². The molecule has 1 unspecified atom stereocenters. The lowest BCUT2D eigenvalue weighted by molar-refractivity contribution is -0.133. The molecule has 0 saturated carbocycles. The molecule has 0 radical (unpaired) electrons. The zero-order valence-electron chi connectivity index (χ0n) is 13.3. The van der Waals surface area contributed by atoms with E-state index >= 15 is 0 Å². The molecule has 2 N–H and O–H groups in total. The number of amides is 1. The van der Waals surface area contributed by atoms with Gasteiger partial charge in [-0.05, 0) is 25.1 Å². The Morgan fingerprint density at radius 2 is 2.22 bits per heavy atom. The van der Waals surface area contributed by atoms with Gasteiger partial charge in [0.15, 0.2) is 0 Å². The van der Waals surface area contributed by atoms with E-state index in [-0.39, 0.29) is 36.8 Å². The zero-order valence-corrected chi connectivity index (χ0v) is 15.7. The van der Waals surface area contributed by atoms with Crippen LogP contribution in [0.25, 0.3) is 0 Å². The molecule has 1 fully saturated rings. The number of hydrogen-bond donors (Lipinski definition) is 2. The van der Waals surface area contributed by atoms with Crippen LogP contribution >= 0.6 is 36.4 Å². The Hall–Kier alpha value is -0.880. The van der Waals surface area contributed by atoms with Gasteiger partial charge in [0, 0.05) is 43.7 Å². The summed E-state index contributed by atoms with van der Waals surface area (Å²) in [6.07, 6.45) is 0.458. The normalized spacial score (nSPS) is 16.8. The number of halogens is 3. The quantitative estimate of drug-likeness (QED) is 0.819. The minimum absolute atomic E-state index is 0.